The summed E-state index contributed by atoms with van der Waals surface area (Å²) in [6.45, 7) is 6.10. The molecule has 2 heterocycles. The van der Waals surface area contributed by atoms with Gasteiger partial charge in [0.25, 0.3) is 0 Å². The molecule has 33 heavy (non-hydrogen) atoms. The minimum atomic E-state index is 0.280. The lowest BCUT2D eigenvalue weighted by atomic mass is 9.91. The topological polar surface area (TPSA) is 137 Å². The van der Waals surface area contributed by atoms with Crippen molar-refractivity contribution < 1.29 is 10.7 Å². The fourth-order valence-corrected chi connectivity index (χ4v) is 3.96. The molecule has 164 valence electrons. The zero-order valence-electron chi connectivity index (χ0n) is 18.6. The summed E-state index contributed by atoms with van der Waals surface area (Å²) in [5.74, 6) is 1.07. The molecule has 2 aromatic heterocycles. The Morgan fingerprint density at radius 1 is 1.12 bits per heavy atom. The Hall–Kier alpha value is -4.32. The van der Waals surface area contributed by atoms with Crippen LogP contribution in [0.4, 0.5) is 23.3 Å². The third-order valence-electron chi connectivity index (χ3n) is 5.32. The molecular formula is C25H24N7O+. The van der Waals surface area contributed by atoms with Crippen molar-refractivity contribution in [1.29, 1.82) is 5.26 Å². The number of nitriles is 1. The fraction of sp³-hybridized carbons (Fsp3) is 0.120. The lowest BCUT2D eigenvalue weighted by molar-refractivity contribution is -0.825. The summed E-state index contributed by atoms with van der Waals surface area (Å²) in [6.07, 6.45) is 5.54. The van der Waals surface area contributed by atoms with Crippen molar-refractivity contribution in [3.05, 3.63) is 70.9 Å². The van der Waals surface area contributed by atoms with Crippen LogP contribution in [0.5, 0.6) is 0 Å². The smallest absolute Gasteiger partial charge is 0.230 e. The van der Waals surface area contributed by atoms with Crippen LogP contribution in [-0.2, 0) is 0 Å². The number of hydrogen-bond donors (Lipinski definition) is 4. The number of anilines is 3. The monoisotopic (exact) mass is 438 g/mol. The number of quaternary nitrogens is 1. The second-order valence-corrected chi connectivity index (χ2v) is 7.72. The van der Waals surface area contributed by atoms with Crippen LogP contribution in [0.2, 0.25) is 0 Å². The molecule has 0 saturated carbocycles. The molecule has 8 nitrogen and oxygen atoms in total. The highest BCUT2D eigenvalue weighted by atomic mass is 16.5. The molecule has 0 spiro atoms. The molecule has 0 fully saturated rings. The molecule has 0 bridgehead atoms. The Bertz CT molecular complexity index is 1400. The number of aryl methyl sites for hydroxylation is 2. The zero-order valence-corrected chi connectivity index (χ0v) is 18.6. The van der Waals surface area contributed by atoms with E-state index in [0.717, 1.165) is 33.3 Å². The van der Waals surface area contributed by atoms with Crippen LogP contribution in [-0.4, -0.2) is 20.2 Å². The maximum absolute atomic E-state index is 9.74. The summed E-state index contributed by atoms with van der Waals surface area (Å²) in [5.41, 5.74) is 14.2. The van der Waals surface area contributed by atoms with Crippen molar-refractivity contribution in [2.75, 3.05) is 11.1 Å². The summed E-state index contributed by atoms with van der Waals surface area (Å²) in [5, 5.41) is 22.4. The Morgan fingerprint density at radius 2 is 1.88 bits per heavy atom. The predicted molar refractivity (Wildman–Crippen MR) is 129 cm³/mol. The lowest BCUT2D eigenvalue weighted by Gasteiger charge is -2.16. The van der Waals surface area contributed by atoms with Gasteiger partial charge in [-0.25, -0.2) is 15.2 Å². The van der Waals surface area contributed by atoms with Gasteiger partial charge in [0, 0.05) is 29.3 Å². The molecule has 0 atom stereocenters. The molecule has 0 radical (unpaired) electrons. The summed E-state index contributed by atoms with van der Waals surface area (Å²) >= 11 is 0. The van der Waals surface area contributed by atoms with Gasteiger partial charge >= 0.3 is 0 Å². The summed E-state index contributed by atoms with van der Waals surface area (Å²) < 4.78 is 0. The number of fused-ring (bicyclic) bond motifs is 1. The SMILES string of the molecule is C/C=C/c1cc(C)c(-c2cc([NH2+]O)cc3c(N)nc(Nc4ccc(C#N)cn4)nc23)c(C)c1. The van der Waals surface area contributed by atoms with Crippen LogP contribution < -0.4 is 16.5 Å². The summed E-state index contributed by atoms with van der Waals surface area (Å²) in [6, 6.07) is 13.3. The molecule has 0 aliphatic carbocycles. The maximum Gasteiger partial charge on any atom is 0.230 e. The number of nitrogens with one attached hydrogen (secondary N) is 1. The average molecular weight is 439 g/mol. The van der Waals surface area contributed by atoms with E-state index in [2.05, 4.69) is 47.3 Å². The zero-order chi connectivity index (χ0) is 23.5. The molecule has 8 heteroatoms. The Morgan fingerprint density at radius 3 is 2.48 bits per heavy atom. The second kappa shape index (κ2) is 9.04. The number of nitrogens with zero attached hydrogens (tertiary/aromatic N) is 4. The van der Waals surface area contributed by atoms with Gasteiger partial charge in [0.1, 0.15) is 17.7 Å². The van der Waals surface area contributed by atoms with Crippen molar-refractivity contribution in [2.45, 2.75) is 20.8 Å². The van der Waals surface area contributed by atoms with Gasteiger partial charge in [-0.05, 0) is 55.2 Å². The molecule has 0 amide bonds. The van der Waals surface area contributed by atoms with Crippen molar-refractivity contribution in [3.8, 4) is 17.2 Å². The van der Waals surface area contributed by atoms with Crippen LogP contribution >= 0.6 is 0 Å². The van der Waals surface area contributed by atoms with E-state index < -0.39 is 0 Å². The number of rotatable bonds is 5. The van der Waals surface area contributed by atoms with Crippen LogP contribution in [0.1, 0.15) is 29.2 Å². The Kier molecular flexibility index (Phi) is 6.00. The standard InChI is InChI=1S/C25H23N7O/c1-4-5-16-8-14(2)22(15(3)9-16)19-10-18(32-33)11-20-23(19)30-25(31-24(20)27)29-21-7-6-17(12-26)13-28-21/h4-11,13,32-33H,1-3H3,(H3,27,28,29,30,31)/p+1/b5-4+. The third kappa shape index (κ3) is 4.36. The Balaban J connectivity index is 1.91. The van der Waals surface area contributed by atoms with Crippen molar-refractivity contribution >= 4 is 40.3 Å². The first kappa shape index (κ1) is 21.9. The largest absolute Gasteiger partial charge is 0.383 e. The predicted octanol–water partition coefficient (Wildman–Crippen LogP) is 4.12. The van der Waals surface area contributed by atoms with Gasteiger partial charge in [0.15, 0.2) is 5.69 Å². The number of aromatic nitrogens is 3. The summed E-state index contributed by atoms with van der Waals surface area (Å²) in [7, 11) is 0. The molecule has 0 aliphatic rings. The number of pyridine rings is 1. The van der Waals surface area contributed by atoms with E-state index in [0.29, 0.717) is 33.9 Å². The summed E-state index contributed by atoms with van der Waals surface area (Å²) in [4.78, 5) is 13.3. The number of hydrogen-bond acceptors (Lipinski definition) is 7. The molecule has 2 aromatic carbocycles. The average Bonchev–Trinajstić information content (AvgIpc) is 2.79. The van der Waals surface area contributed by atoms with Gasteiger partial charge in [-0.3, -0.25) is 0 Å². The van der Waals surface area contributed by atoms with E-state index in [1.807, 2.05) is 25.1 Å². The highest BCUT2D eigenvalue weighted by molar-refractivity contribution is 6.02. The van der Waals surface area contributed by atoms with Crippen molar-refractivity contribution in [1.82, 2.24) is 15.0 Å². The van der Waals surface area contributed by atoms with E-state index in [-0.39, 0.29) is 5.82 Å². The molecule has 0 saturated heterocycles. The van der Waals surface area contributed by atoms with E-state index in [1.54, 1.807) is 18.2 Å². The highest BCUT2D eigenvalue weighted by Gasteiger charge is 2.18. The van der Waals surface area contributed by atoms with E-state index >= 15 is 0 Å². The second-order valence-electron chi connectivity index (χ2n) is 7.72. The van der Waals surface area contributed by atoms with Gasteiger partial charge in [-0.2, -0.15) is 15.7 Å². The number of nitrogens with two attached hydrogens (primary N) is 2. The molecule has 6 N–H and O–H groups in total. The van der Waals surface area contributed by atoms with Gasteiger partial charge in [-0.15, -0.1) is 0 Å². The normalized spacial score (nSPS) is 11.1. The first-order chi connectivity index (χ1) is 15.9. The van der Waals surface area contributed by atoms with E-state index in [9.17, 15) is 5.21 Å². The maximum atomic E-state index is 9.74. The Labute approximate surface area is 191 Å². The van der Waals surface area contributed by atoms with E-state index in [1.165, 1.54) is 6.20 Å². The molecule has 0 aliphatic heterocycles. The molecular weight excluding hydrogens is 414 g/mol. The van der Waals surface area contributed by atoms with Crippen molar-refractivity contribution in [2.24, 2.45) is 0 Å². The highest BCUT2D eigenvalue weighted by Crippen LogP contribution is 2.37. The van der Waals surface area contributed by atoms with Crippen LogP contribution in [0.3, 0.4) is 0 Å². The third-order valence-corrected chi connectivity index (χ3v) is 5.32. The van der Waals surface area contributed by atoms with Crippen LogP contribution in [0.15, 0.2) is 48.7 Å². The first-order valence-corrected chi connectivity index (χ1v) is 10.4. The van der Waals surface area contributed by atoms with Crippen LogP contribution in [0.25, 0.3) is 28.1 Å². The van der Waals surface area contributed by atoms with Gasteiger partial charge < -0.3 is 11.1 Å². The fourth-order valence-electron chi connectivity index (χ4n) is 3.96. The quantitative estimate of drug-likeness (QED) is 0.272. The molecule has 0 unspecified atom stereocenters. The lowest BCUT2D eigenvalue weighted by Crippen LogP contribution is -2.73. The van der Waals surface area contributed by atoms with Gasteiger partial charge in [-0.1, -0.05) is 24.3 Å². The molecule has 4 aromatic rings. The molecule has 4 rings (SSSR count). The number of allylic oxidation sites excluding steroid dienone is 1. The van der Waals surface area contributed by atoms with Crippen molar-refractivity contribution in [3.63, 3.8) is 0 Å². The minimum Gasteiger partial charge on any atom is -0.383 e. The first-order valence-electron chi connectivity index (χ1n) is 10.4. The van der Waals surface area contributed by atoms with Gasteiger partial charge in [0.05, 0.1) is 11.1 Å². The van der Waals surface area contributed by atoms with E-state index in [4.69, 9.17) is 16.0 Å². The number of benzene rings is 2. The van der Waals surface area contributed by atoms with Crippen LogP contribution in [0, 0.1) is 25.2 Å². The van der Waals surface area contributed by atoms with Gasteiger partial charge in [0.2, 0.25) is 5.95 Å². The minimum absolute atomic E-state index is 0.280. The number of nitrogen functional groups attached to an aromatic ring is 1.